The van der Waals surface area contributed by atoms with Crippen LogP contribution in [0.15, 0.2) is 12.1 Å². The van der Waals surface area contributed by atoms with Gasteiger partial charge >= 0.3 is 5.97 Å². The SMILES string of the molecule is COc1c(Cl)ccc(Cl)c1C(=O)OC[C@H]1O[C@@H](O)[C@H](O)[C@H]1O. The number of benzene rings is 1. The summed E-state index contributed by atoms with van der Waals surface area (Å²) in [6.07, 6.45) is -5.44. The molecule has 1 aliphatic rings. The molecular formula is C13H14Cl2O7. The lowest BCUT2D eigenvalue weighted by Gasteiger charge is -2.16. The first-order chi connectivity index (χ1) is 10.4. The van der Waals surface area contributed by atoms with Crippen LogP contribution in [0.3, 0.4) is 0 Å². The Bertz CT molecular complexity index is 566. The van der Waals surface area contributed by atoms with Crippen molar-refractivity contribution in [3.63, 3.8) is 0 Å². The van der Waals surface area contributed by atoms with Crippen molar-refractivity contribution in [2.24, 2.45) is 0 Å². The summed E-state index contributed by atoms with van der Waals surface area (Å²) in [7, 11) is 1.32. The number of esters is 1. The lowest BCUT2D eigenvalue weighted by molar-refractivity contribution is -0.133. The molecule has 1 aromatic rings. The molecule has 0 spiro atoms. The molecule has 1 saturated heterocycles. The van der Waals surface area contributed by atoms with Gasteiger partial charge in [0.1, 0.15) is 30.5 Å². The molecule has 4 atom stereocenters. The Morgan fingerprint density at radius 2 is 1.86 bits per heavy atom. The second-order valence-corrected chi connectivity index (χ2v) is 5.40. The van der Waals surface area contributed by atoms with Gasteiger partial charge in [-0.2, -0.15) is 0 Å². The number of methoxy groups -OCH3 is 1. The normalized spacial score (nSPS) is 27.7. The summed E-state index contributed by atoms with van der Waals surface area (Å²) in [5.74, 6) is -0.775. The van der Waals surface area contributed by atoms with E-state index in [2.05, 4.69) is 0 Å². The second kappa shape index (κ2) is 6.99. The third-order valence-corrected chi connectivity index (χ3v) is 3.80. The fraction of sp³-hybridized carbons (Fsp3) is 0.462. The van der Waals surface area contributed by atoms with Gasteiger partial charge in [-0.05, 0) is 12.1 Å². The number of carbonyl (C=O) groups excluding carboxylic acids is 1. The molecule has 7 nitrogen and oxygen atoms in total. The van der Waals surface area contributed by atoms with Crippen LogP contribution in [0, 0.1) is 0 Å². The van der Waals surface area contributed by atoms with Crippen molar-refractivity contribution >= 4 is 29.2 Å². The molecule has 3 N–H and O–H groups in total. The van der Waals surface area contributed by atoms with Crippen LogP contribution in [0.25, 0.3) is 0 Å². The highest BCUT2D eigenvalue weighted by Gasteiger charge is 2.42. The number of aliphatic hydroxyl groups excluding tert-OH is 3. The van der Waals surface area contributed by atoms with Crippen LogP contribution in [0.2, 0.25) is 10.0 Å². The van der Waals surface area contributed by atoms with Crippen molar-refractivity contribution in [2.45, 2.75) is 24.6 Å². The Labute approximate surface area is 135 Å². The molecule has 0 aromatic heterocycles. The van der Waals surface area contributed by atoms with E-state index in [0.29, 0.717) is 0 Å². The number of halogens is 2. The molecule has 0 unspecified atom stereocenters. The Hall–Kier alpha value is -1.09. The Kier molecular flexibility index (Phi) is 5.49. The molecule has 2 rings (SSSR count). The van der Waals surface area contributed by atoms with E-state index in [9.17, 15) is 20.1 Å². The highest BCUT2D eigenvalue weighted by Crippen LogP contribution is 2.34. The number of hydrogen-bond acceptors (Lipinski definition) is 7. The summed E-state index contributed by atoms with van der Waals surface area (Å²) in [5, 5.41) is 28.5. The van der Waals surface area contributed by atoms with E-state index in [4.69, 9.17) is 37.4 Å². The van der Waals surface area contributed by atoms with Crippen molar-refractivity contribution < 1.29 is 34.3 Å². The Balaban J connectivity index is 2.09. The number of carbonyl (C=O) groups is 1. The van der Waals surface area contributed by atoms with Gasteiger partial charge < -0.3 is 29.5 Å². The minimum atomic E-state index is -1.54. The first kappa shape index (κ1) is 17.3. The van der Waals surface area contributed by atoms with Crippen LogP contribution in [0.1, 0.15) is 10.4 Å². The lowest BCUT2D eigenvalue weighted by atomic mass is 10.1. The van der Waals surface area contributed by atoms with Crippen LogP contribution < -0.4 is 4.74 Å². The van der Waals surface area contributed by atoms with Gasteiger partial charge in [-0.1, -0.05) is 23.2 Å². The molecule has 1 heterocycles. The van der Waals surface area contributed by atoms with Gasteiger partial charge in [-0.3, -0.25) is 0 Å². The summed E-state index contributed by atoms with van der Waals surface area (Å²) in [4.78, 5) is 12.1. The molecule has 1 aliphatic heterocycles. The first-order valence-electron chi connectivity index (χ1n) is 6.25. The predicted octanol–water partition coefficient (Wildman–Crippen LogP) is 0.598. The van der Waals surface area contributed by atoms with Gasteiger partial charge in [0, 0.05) is 0 Å². The molecule has 0 amide bonds. The van der Waals surface area contributed by atoms with E-state index < -0.39 is 30.6 Å². The zero-order valence-electron chi connectivity index (χ0n) is 11.4. The predicted molar refractivity (Wildman–Crippen MR) is 76.2 cm³/mol. The molecule has 0 radical (unpaired) electrons. The molecule has 0 saturated carbocycles. The van der Waals surface area contributed by atoms with Crippen LogP contribution in [-0.4, -0.2) is 59.6 Å². The van der Waals surface area contributed by atoms with Crippen molar-refractivity contribution in [2.75, 3.05) is 13.7 Å². The minimum Gasteiger partial charge on any atom is -0.494 e. The van der Waals surface area contributed by atoms with E-state index in [1.807, 2.05) is 0 Å². The maximum Gasteiger partial charge on any atom is 0.343 e. The Morgan fingerprint density at radius 3 is 2.41 bits per heavy atom. The summed E-state index contributed by atoms with van der Waals surface area (Å²) >= 11 is 11.9. The van der Waals surface area contributed by atoms with E-state index >= 15 is 0 Å². The molecule has 1 aromatic carbocycles. The molecule has 122 valence electrons. The van der Waals surface area contributed by atoms with Gasteiger partial charge in [0.05, 0.1) is 17.2 Å². The summed E-state index contributed by atoms with van der Waals surface area (Å²) < 4.78 is 14.9. The molecule has 9 heteroatoms. The van der Waals surface area contributed by atoms with Crippen LogP contribution in [0.4, 0.5) is 0 Å². The summed E-state index contributed by atoms with van der Waals surface area (Å²) in [6.45, 7) is -0.389. The average molecular weight is 353 g/mol. The van der Waals surface area contributed by atoms with Gasteiger partial charge in [-0.15, -0.1) is 0 Å². The van der Waals surface area contributed by atoms with Crippen molar-refractivity contribution in [3.05, 3.63) is 27.7 Å². The van der Waals surface area contributed by atoms with E-state index in [0.717, 1.165) is 0 Å². The van der Waals surface area contributed by atoms with E-state index in [1.54, 1.807) is 0 Å². The second-order valence-electron chi connectivity index (χ2n) is 4.58. The topological polar surface area (TPSA) is 105 Å². The Morgan fingerprint density at radius 1 is 1.23 bits per heavy atom. The van der Waals surface area contributed by atoms with Crippen molar-refractivity contribution in [3.8, 4) is 5.75 Å². The number of hydrogen-bond donors (Lipinski definition) is 3. The molecule has 1 fully saturated rings. The third kappa shape index (κ3) is 3.29. The first-order valence-corrected chi connectivity index (χ1v) is 7.01. The third-order valence-electron chi connectivity index (χ3n) is 3.18. The quantitative estimate of drug-likeness (QED) is 0.681. The van der Waals surface area contributed by atoms with Gasteiger partial charge in [0.25, 0.3) is 0 Å². The lowest BCUT2D eigenvalue weighted by Crippen LogP contribution is -2.34. The minimum absolute atomic E-state index is 0.0622. The summed E-state index contributed by atoms with van der Waals surface area (Å²) in [5.41, 5.74) is -0.0646. The van der Waals surface area contributed by atoms with Gasteiger partial charge in [0.2, 0.25) is 0 Å². The molecule has 22 heavy (non-hydrogen) atoms. The van der Waals surface area contributed by atoms with E-state index in [-0.39, 0.29) is 28.0 Å². The largest absolute Gasteiger partial charge is 0.494 e. The number of ether oxygens (including phenoxy) is 3. The standard InChI is InChI=1S/C13H14Cl2O7/c1-20-11-6(15)3-2-5(14)8(11)12(18)21-4-7-9(16)10(17)13(19)22-7/h2-3,7,9-10,13,16-17,19H,4H2,1H3/t7-,9+,10-,13-/m1/s1. The van der Waals surface area contributed by atoms with Crippen LogP contribution >= 0.6 is 23.2 Å². The highest BCUT2D eigenvalue weighted by atomic mass is 35.5. The molecule has 0 aliphatic carbocycles. The van der Waals surface area contributed by atoms with Crippen LogP contribution in [-0.2, 0) is 9.47 Å². The summed E-state index contributed by atoms with van der Waals surface area (Å²) in [6, 6.07) is 2.88. The monoisotopic (exact) mass is 352 g/mol. The van der Waals surface area contributed by atoms with Gasteiger partial charge in [-0.25, -0.2) is 4.79 Å². The maximum absolute atomic E-state index is 12.1. The highest BCUT2D eigenvalue weighted by molar-refractivity contribution is 6.37. The van der Waals surface area contributed by atoms with Gasteiger partial charge in [0.15, 0.2) is 12.0 Å². The average Bonchev–Trinajstić information content (AvgIpc) is 2.74. The molecule has 0 bridgehead atoms. The number of rotatable bonds is 4. The van der Waals surface area contributed by atoms with Crippen LogP contribution in [0.5, 0.6) is 5.75 Å². The fourth-order valence-electron chi connectivity index (χ4n) is 2.02. The zero-order chi connectivity index (χ0) is 16.4. The fourth-order valence-corrected chi connectivity index (χ4v) is 2.48. The smallest absolute Gasteiger partial charge is 0.343 e. The van der Waals surface area contributed by atoms with E-state index in [1.165, 1.54) is 19.2 Å². The van der Waals surface area contributed by atoms with Crippen molar-refractivity contribution in [1.82, 2.24) is 0 Å². The maximum atomic E-state index is 12.1. The zero-order valence-corrected chi connectivity index (χ0v) is 12.9. The number of aliphatic hydroxyl groups is 3. The molecular weight excluding hydrogens is 339 g/mol. The van der Waals surface area contributed by atoms with Crippen molar-refractivity contribution in [1.29, 1.82) is 0 Å².